The lowest BCUT2D eigenvalue weighted by Gasteiger charge is -2.05. The van der Waals surface area contributed by atoms with Crippen LogP contribution in [0.5, 0.6) is 5.88 Å². The molecule has 1 heterocycles. The second kappa shape index (κ2) is 4.07. The monoisotopic (exact) mass is 253 g/mol. The molecule has 1 N–H and O–H groups in total. The van der Waals surface area contributed by atoms with Gasteiger partial charge in [0.2, 0.25) is 5.88 Å². The van der Waals surface area contributed by atoms with E-state index in [4.69, 9.17) is 5.26 Å². The Kier molecular flexibility index (Phi) is 2.71. The lowest BCUT2D eigenvalue weighted by molar-refractivity contribution is -0.141. The first-order valence-corrected chi connectivity index (χ1v) is 4.79. The zero-order valence-corrected chi connectivity index (χ0v) is 8.81. The summed E-state index contributed by atoms with van der Waals surface area (Å²) >= 11 is 0. The maximum atomic E-state index is 12.4. The van der Waals surface area contributed by atoms with E-state index in [0.29, 0.717) is 10.7 Å². The molecule has 2 rings (SSSR count). The Labute approximate surface area is 99.5 Å². The number of benzene rings is 1. The van der Waals surface area contributed by atoms with Crippen molar-refractivity contribution in [3.63, 3.8) is 0 Å². The highest BCUT2D eigenvalue weighted by Crippen LogP contribution is 2.31. The minimum absolute atomic E-state index is 0.0907. The molecule has 1 aromatic carbocycles. The summed E-state index contributed by atoms with van der Waals surface area (Å²) < 4.78 is 38.0. The van der Waals surface area contributed by atoms with Crippen LogP contribution in [0.25, 0.3) is 5.69 Å². The van der Waals surface area contributed by atoms with E-state index in [1.54, 1.807) is 6.07 Å². The number of halogens is 3. The molecule has 0 amide bonds. The van der Waals surface area contributed by atoms with Gasteiger partial charge in [-0.2, -0.15) is 28.2 Å². The van der Waals surface area contributed by atoms with E-state index in [1.165, 1.54) is 18.2 Å². The zero-order chi connectivity index (χ0) is 13.3. The van der Waals surface area contributed by atoms with Gasteiger partial charge in [-0.3, -0.25) is 0 Å². The van der Waals surface area contributed by atoms with E-state index >= 15 is 0 Å². The third-order valence-electron chi connectivity index (χ3n) is 2.23. The number of hydrogen-bond donors (Lipinski definition) is 1. The molecule has 0 radical (unpaired) electrons. The molecule has 18 heavy (non-hydrogen) atoms. The molecule has 0 atom stereocenters. The van der Waals surface area contributed by atoms with Gasteiger partial charge >= 0.3 is 6.18 Å². The van der Waals surface area contributed by atoms with Gasteiger partial charge < -0.3 is 5.11 Å². The molecule has 2 aromatic rings. The molecule has 0 aliphatic rings. The summed E-state index contributed by atoms with van der Waals surface area (Å²) in [6.45, 7) is 0. The second-order valence-electron chi connectivity index (χ2n) is 3.43. The van der Waals surface area contributed by atoms with E-state index in [9.17, 15) is 18.3 Å². The molecule has 0 saturated carbocycles. The van der Waals surface area contributed by atoms with Crippen LogP contribution in [-0.4, -0.2) is 14.9 Å². The third kappa shape index (κ3) is 2.00. The molecule has 0 unspecified atom stereocenters. The maximum Gasteiger partial charge on any atom is 0.435 e. The van der Waals surface area contributed by atoms with Crippen LogP contribution in [0.1, 0.15) is 11.3 Å². The molecule has 0 aliphatic heterocycles. The predicted octanol–water partition coefficient (Wildman–Crippen LogP) is 2.47. The van der Waals surface area contributed by atoms with E-state index in [2.05, 4.69) is 5.10 Å². The fourth-order valence-corrected chi connectivity index (χ4v) is 1.44. The van der Waals surface area contributed by atoms with Crippen LogP contribution in [0, 0.1) is 11.3 Å². The minimum atomic E-state index is -4.65. The average Bonchev–Trinajstić information content (AvgIpc) is 2.71. The fraction of sp³-hybridized carbons (Fsp3) is 0.0909. The molecule has 0 saturated heterocycles. The van der Waals surface area contributed by atoms with Gasteiger partial charge in [-0.1, -0.05) is 12.1 Å². The van der Waals surface area contributed by atoms with Crippen molar-refractivity contribution in [2.75, 3.05) is 0 Å². The lowest BCUT2D eigenvalue weighted by Crippen LogP contribution is -2.07. The van der Waals surface area contributed by atoms with Crippen LogP contribution in [0.3, 0.4) is 0 Å². The van der Waals surface area contributed by atoms with Crippen LogP contribution < -0.4 is 0 Å². The summed E-state index contributed by atoms with van der Waals surface area (Å²) in [6, 6.07) is 8.23. The normalized spacial score (nSPS) is 11.2. The number of nitriles is 1. The standard InChI is InChI=1S/C11H6F3N3O/c12-11(13,14)9-5-10(18)17(16-9)8-4-2-1-3-7(8)6-15/h1-5,18H. The Morgan fingerprint density at radius 1 is 1.28 bits per heavy atom. The number of rotatable bonds is 1. The largest absolute Gasteiger partial charge is 0.493 e. The molecule has 0 spiro atoms. The minimum Gasteiger partial charge on any atom is -0.493 e. The Morgan fingerprint density at radius 3 is 2.50 bits per heavy atom. The molecular weight excluding hydrogens is 247 g/mol. The van der Waals surface area contributed by atoms with Gasteiger partial charge in [-0.15, -0.1) is 0 Å². The Morgan fingerprint density at radius 2 is 1.94 bits per heavy atom. The summed E-state index contributed by atoms with van der Waals surface area (Å²) in [4.78, 5) is 0. The summed E-state index contributed by atoms with van der Waals surface area (Å²) in [5, 5.41) is 21.6. The van der Waals surface area contributed by atoms with E-state index in [0.717, 1.165) is 0 Å². The van der Waals surface area contributed by atoms with Crippen molar-refractivity contribution in [2.45, 2.75) is 6.18 Å². The third-order valence-corrected chi connectivity index (χ3v) is 2.23. The molecule has 1 aromatic heterocycles. The highest BCUT2D eigenvalue weighted by Gasteiger charge is 2.35. The quantitative estimate of drug-likeness (QED) is 0.849. The summed E-state index contributed by atoms with van der Waals surface area (Å²) in [6.07, 6.45) is -4.65. The van der Waals surface area contributed by atoms with Gasteiger partial charge in [0.15, 0.2) is 5.69 Å². The summed E-state index contributed by atoms with van der Waals surface area (Å²) in [5.41, 5.74) is -1.01. The number of alkyl halides is 3. The number of aromatic nitrogens is 2. The SMILES string of the molecule is N#Cc1ccccc1-n1nc(C(F)(F)F)cc1O. The smallest absolute Gasteiger partial charge is 0.435 e. The number of nitrogens with zero attached hydrogens (tertiary/aromatic N) is 3. The van der Waals surface area contributed by atoms with Crippen LogP contribution in [0.15, 0.2) is 30.3 Å². The van der Waals surface area contributed by atoms with Crippen LogP contribution >= 0.6 is 0 Å². The maximum absolute atomic E-state index is 12.4. The number of para-hydroxylation sites is 1. The fourth-order valence-electron chi connectivity index (χ4n) is 1.44. The van der Waals surface area contributed by atoms with E-state index in [-0.39, 0.29) is 11.3 Å². The van der Waals surface area contributed by atoms with Crippen molar-refractivity contribution in [3.05, 3.63) is 41.6 Å². The lowest BCUT2D eigenvalue weighted by atomic mass is 10.2. The van der Waals surface area contributed by atoms with Crippen molar-refractivity contribution < 1.29 is 18.3 Å². The van der Waals surface area contributed by atoms with Crippen molar-refractivity contribution in [1.29, 1.82) is 5.26 Å². The highest BCUT2D eigenvalue weighted by molar-refractivity contribution is 5.49. The Bertz CT molecular complexity index is 625. The first-order chi connectivity index (χ1) is 8.43. The van der Waals surface area contributed by atoms with Gasteiger partial charge in [0.1, 0.15) is 6.07 Å². The number of hydrogen-bond acceptors (Lipinski definition) is 3. The molecule has 92 valence electrons. The second-order valence-corrected chi connectivity index (χ2v) is 3.43. The molecule has 0 bridgehead atoms. The predicted molar refractivity (Wildman–Crippen MR) is 54.9 cm³/mol. The van der Waals surface area contributed by atoms with Crippen LogP contribution in [0.2, 0.25) is 0 Å². The highest BCUT2D eigenvalue weighted by atomic mass is 19.4. The molecule has 0 fully saturated rings. The number of aromatic hydroxyl groups is 1. The Balaban J connectivity index is 2.59. The van der Waals surface area contributed by atoms with Gasteiger partial charge in [0.05, 0.1) is 11.3 Å². The first kappa shape index (κ1) is 12.0. The summed E-state index contributed by atoms with van der Waals surface area (Å²) in [7, 11) is 0. The van der Waals surface area contributed by atoms with Gasteiger partial charge in [0.25, 0.3) is 0 Å². The van der Waals surface area contributed by atoms with Crippen LogP contribution in [-0.2, 0) is 6.18 Å². The first-order valence-electron chi connectivity index (χ1n) is 4.79. The zero-order valence-electron chi connectivity index (χ0n) is 8.81. The van der Waals surface area contributed by atoms with Crippen molar-refractivity contribution >= 4 is 0 Å². The van der Waals surface area contributed by atoms with Gasteiger partial charge in [0, 0.05) is 6.07 Å². The summed E-state index contributed by atoms with van der Waals surface area (Å²) in [5.74, 6) is -0.676. The molecular formula is C11H6F3N3O. The van der Waals surface area contributed by atoms with Crippen LogP contribution in [0.4, 0.5) is 13.2 Å². The molecule has 4 nitrogen and oxygen atoms in total. The van der Waals surface area contributed by atoms with Crippen molar-refractivity contribution in [3.8, 4) is 17.6 Å². The van der Waals surface area contributed by atoms with Crippen molar-refractivity contribution in [1.82, 2.24) is 9.78 Å². The van der Waals surface area contributed by atoms with E-state index < -0.39 is 17.8 Å². The molecule has 0 aliphatic carbocycles. The Hall–Kier alpha value is -2.49. The average molecular weight is 253 g/mol. The topological polar surface area (TPSA) is 61.8 Å². The van der Waals surface area contributed by atoms with Gasteiger partial charge in [-0.05, 0) is 12.1 Å². The van der Waals surface area contributed by atoms with Gasteiger partial charge in [-0.25, -0.2) is 0 Å². The molecule has 7 heteroatoms. The van der Waals surface area contributed by atoms with E-state index in [1.807, 2.05) is 6.07 Å². The van der Waals surface area contributed by atoms with Crippen molar-refractivity contribution in [2.24, 2.45) is 0 Å².